The van der Waals surface area contributed by atoms with Gasteiger partial charge in [-0.3, -0.25) is 4.79 Å². The van der Waals surface area contributed by atoms with Gasteiger partial charge in [-0.2, -0.15) is 0 Å². The van der Waals surface area contributed by atoms with Crippen molar-refractivity contribution in [1.29, 1.82) is 0 Å². The molecule has 1 amide bonds. The van der Waals surface area contributed by atoms with Crippen LogP contribution in [-0.4, -0.2) is 21.9 Å². The number of rotatable bonds is 4. The second-order valence-corrected chi connectivity index (χ2v) is 7.39. The molecule has 4 rings (SSSR count). The number of amides is 1. The van der Waals surface area contributed by atoms with Crippen molar-refractivity contribution in [3.05, 3.63) is 89.3 Å². The summed E-state index contributed by atoms with van der Waals surface area (Å²) in [6.07, 6.45) is 6.45. The number of nitrogens with zero attached hydrogens (tertiary/aromatic N) is 2. The number of hydrogen-bond acceptors (Lipinski definition) is 3. The zero-order valence-electron chi connectivity index (χ0n) is 15.9. The molecule has 138 valence electrons. The topological polar surface area (TPSA) is 35.6 Å². The molecule has 2 atom stereocenters. The van der Waals surface area contributed by atoms with E-state index in [4.69, 9.17) is 0 Å². The molecule has 27 heavy (non-hydrogen) atoms. The summed E-state index contributed by atoms with van der Waals surface area (Å²) in [7, 11) is 0. The van der Waals surface area contributed by atoms with E-state index in [1.807, 2.05) is 40.5 Å². The Kier molecular flexibility index (Phi) is 4.58. The molecule has 0 bridgehead atoms. The van der Waals surface area contributed by atoms with Crippen LogP contribution in [0, 0.1) is 13.8 Å². The van der Waals surface area contributed by atoms with Crippen molar-refractivity contribution in [2.24, 2.45) is 0 Å². The standard InChI is InChI=1S/C23H25N3O/c1-4-18-6-8-19(9-7-18)15-25-11-12-26-22(23(25)27)14-21(24-26)20-10-5-16(2)17(3)13-20/h4-13,21-22,24H,1,14-15H2,2-3H3. The van der Waals surface area contributed by atoms with E-state index in [1.165, 1.54) is 16.7 Å². The molecule has 2 aliphatic heterocycles. The molecule has 0 saturated carbocycles. The van der Waals surface area contributed by atoms with E-state index in [0.29, 0.717) is 6.54 Å². The number of carbonyl (C=O) groups is 1. The van der Waals surface area contributed by atoms with Crippen LogP contribution in [0.2, 0.25) is 0 Å². The largest absolute Gasteiger partial charge is 0.311 e. The number of hydrazine groups is 1. The van der Waals surface area contributed by atoms with Gasteiger partial charge in [0, 0.05) is 12.4 Å². The second-order valence-electron chi connectivity index (χ2n) is 7.39. The smallest absolute Gasteiger partial charge is 0.251 e. The Morgan fingerprint density at radius 2 is 1.89 bits per heavy atom. The first-order valence-electron chi connectivity index (χ1n) is 9.37. The Bertz CT molecular complexity index is 900. The molecule has 1 fully saturated rings. The van der Waals surface area contributed by atoms with Crippen molar-refractivity contribution in [3.8, 4) is 0 Å². The number of hydrogen-bond donors (Lipinski definition) is 1. The van der Waals surface area contributed by atoms with Crippen molar-refractivity contribution in [1.82, 2.24) is 15.3 Å². The lowest BCUT2D eigenvalue weighted by Gasteiger charge is -2.31. The van der Waals surface area contributed by atoms with Crippen LogP contribution in [0.3, 0.4) is 0 Å². The van der Waals surface area contributed by atoms with Crippen molar-refractivity contribution in [2.75, 3.05) is 0 Å². The van der Waals surface area contributed by atoms with E-state index in [9.17, 15) is 4.79 Å². The molecular weight excluding hydrogens is 334 g/mol. The highest BCUT2D eigenvalue weighted by Crippen LogP contribution is 2.32. The molecule has 2 aromatic carbocycles. The molecule has 0 spiro atoms. The van der Waals surface area contributed by atoms with E-state index in [0.717, 1.165) is 17.5 Å². The van der Waals surface area contributed by atoms with Gasteiger partial charge in [-0.1, -0.05) is 55.1 Å². The van der Waals surface area contributed by atoms with Gasteiger partial charge in [-0.05, 0) is 48.1 Å². The third kappa shape index (κ3) is 3.40. The predicted octanol–water partition coefficient (Wildman–Crippen LogP) is 4.08. The Morgan fingerprint density at radius 1 is 1.11 bits per heavy atom. The molecular formula is C23H25N3O. The van der Waals surface area contributed by atoms with Crippen LogP contribution in [0.4, 0.5) is 0 Å². The van der Waals surface area contributed by atoms with Gasteiger partial charge in [-0.15, -0.1) is 0 Å². The van der Waals surface area contributed by atoms with Crippen LogP contribution in [0.5, 0.6) is 0 Å². The third-order valence-corrected chi connectivity index (χ3v) is 5.58. The molecule has 4 heteroatoms. The van der Waals surface area contributed by atoms with E-state index < -0.39 is 0 Å². The van der Waals surface area contributed by atoms with Crippen molar-refractivity contribution in [3.63, 3.8) is 0 Å². The first kappa shape index (κ1) is 17.6. The highest BCUT2D eigenvalue weighted by Gasteiger charge is 2.39. The van der Waals surface area contributed by atoms with Gasteiger partial charge in [0.2, 0.25) is 0 Å². The Morgan fingerprint density at radius 3 is 2.59 bits per heavy atom. The summed E-state index contributed by atoms with van der Waals surface area (Å²) >= 11 is 0. The zero-order valence-corrected chi connectivity index (χ0v) is 15.9. The minimum absolute atomic E-state index is 0.143. The number of aryl methyl sites for hydroxylation is 2. The summed E-state index contributed by atoms with van der Waals surface area (Å²) in [5.41, 5.74) is 9.48. The fourth-order valence-corrected chi connectivity index (χ4v) is 3.72. The van der Waals surface area contributed by atoms with Crippen molar-refractivity contribution < 1.29 is 4.79 Å². The molecule has 2 unspecified atom stereocenters. The zero-order chi connectivity index (χ0) is 19.0. The SMILES string of the molecule is C=Cc1ccc(CN2C=CN3NC(c4ccc(C)c(C)c4)CC3C2=O)cc1. The molecule has 4 nitrogen and oxygen atoms in total. The highest BCUT2D eigenvalue weighted by molar-refractivity contribution is 5.84. The molecule has 0 radical (unpaired) electrons. The average Bonchev–Trinajstić information content (AvgIpc) is 3.12. The number of carbonyl (C=O) groups excluding carboxylic acids is 1. The van der Waals surface area contributed by atoms with E-state index in [2.05, 4.69) is 56.2 Å². The fraction of sp³-hybridized carbons (Fsp3) is 0.261. The number of nitrogens with one attached hydrogen (secondary N) is 1. The molecule has 2 heterocycles. The van der Waals surface area contributed by atoms with Crippen LogP contribution in [0.15, 0.2) is 61.4 Å². The average molecular weight is 359 g/mol. The first-order chi connectivity index (χ1) is 13.0. The monoisotopic (exact) mass is 359 g/mol. The molecule has 0 aromatic heterocycles. The Hall–Kier alpha value is -2.85. The van der Waals surface area contributed by atoms with E-state index in [1.54, 1.807) is 0 Å². The van der Waals surface area contributed by atoms with Gasteiger partial charge in [0.15, 0.2) is 0 Å². The summed E-state index contributed by atoms with van der Waals surface area (Å²) in [5.74, 6) is 0.143. The maximum Gasteiger partial charge on any atom is 0.251 e. The molecule has 2 aliphatic rings. The molecule has 1 N–H and O–H groups in total. The highest BCUT2D eigenvalue weighted by atomic mass is 16.2. The Balaban J connectivity index is 1.47. The van der Waals surface area contributed by atoms with Crippen molar-refractivity contribution >= 4 is 12.0 Å². The second kappa shape index (κ2) is 7.05. The lowest BCUT2D eigenvalue weighted by molar-refractivity contribution is -0.134. The minimum Gasteiger partial charge on any atom is -0.311 e. The number of fused-ring (bicyclic) bond motifs is 1. The normalized spacial score (nSPS) is 21.5. The van der Waals surface area contributed by atoms with Gasteiger partial charge >= 0.3 is 0 Å². The number of benzene rings is 2. The van der Waals surface area contributed by atoms with Crippen LogP contribution >= 0.6 is 0 Å². The lowest BCUT2D eigenvalue weighted by Crippen LogP contribution is -2.47. The van der Waals surface area contributed by atoms with E-state index >= 15 is 0 Å². The summed E-state index contributed by atoms with van der Waals surface area (Å²) in [6.45, 7) is 8.62. The van der Waals surface area contributed by atoms with Gasteiger partial charge in [-0.25, -0.2) is 5.43 Å². The van der Waals surface area contributed by atoms with Crippen LogP contribution in [0.25, 0.3) is 6.08 Å². The van der Waals surface area contributed by atoms with Crippen molar-refractivity contribution in [2.45, 2.75) is 38.9 Å². The van der Waals surface area contributed by atoms with Gasteiger partial charge in [0.25, 0.3) is 5.91 Å². The van der Waals surface area contributed by atoms with Crippen LogP contribution < -0.4 is 5.43 Å². The minimum atomic E-state index is -0.158. The molecule has 1 saturated heterocycles. The quantitative estimate of drug-likeness (QED) is 0.893. The summed E-state index contributed by atoms with van der Waals surface area (Å²) in [6, 6.07) is 14.7. The molecule has 2 aromatic rings. The Labute approximate surface area is 160 Å². The van der Waals surface area contributed by atoms with Gasteiger partial charge < -0.3 is 9.91 Å². The predicted molar refractivity (Wildman–Crippen MR) is 108 cm³/mol. The summed E-state index contributed by atoms with van der Waals surface area (Å²) in [4.78, 5) is 14.8. The van der Waals surface area contributed by atoms with Crippen LogP contribution in [0.1, 0.15) is 40.3 Å². The fourth-order valence-electron chi connectivity index (χ4n) is 3.72. The van der Waals surface area contributed by atoms with E-state index in [-0.39, 0.29) is 18.0 Å². The van der Waals surface area contributed by atoms with Gasteiger partial charge in [0.05, 0.1) is 12.6 Å². The maximum absolute atomic E-state index is 13.0. The summed E-state index contributed by atoms with van der Waals surface area (Å²) < 4.78 is 0. The first-order valence-corrected chi connectivity index (χ1v) is 9.37. The molecule has 0 aliphatic carbocycles. The third-order valence-electron chi connectivity index (χ3n) is 5.58. The maximum atomic E-state index is 13.0. The van der Waals surface area contributed by atoms with Crippen LogP contribution in [-0.2, 0) is 11.3 Å². The summed E-state index contributed by atoms with van der Waals surface area (Å²) in [5, 5.41) is 1.96. The lowest BCUT2D eigenvalue weighted by atomic mass is 9.97. The van der Waals surface area contributed by atoms with Gasteiger partial charge in [0.1, 0.15) is 6.04 Å².